The van der Waals surface area contributed by atoms with Gasteiger partial charge < -0.3 is 4.74 Å². The van der Waals surface area contributed by atoms with Crippen LogP contribution < -0.4 is 4.74 Å². The van der Waals surface area contributed by atoms with Gasteiger partial charge in [-0.1, -0.05) is 18.2 Å². The van der Waals surface area contributed by atoms with Crippen LogP contribution in [0.25, 0.3) is 0 Å². The van der Waals surface area contributed by atoms with E-state index in [-0.39, 0.29) is 17.0 Å². The Morgan fingerprint density at radius 2 is 2.00 bits per heavy atom. The fraction of sp³-hybridized carbons (Fsp3) is 0.0769. The number of hydrogen-bond donors (Lipinski definition) is 0. The van der Waals surface area contributed by atoms with Crippen LogP contribution in [0.2, 0.25) is 0 Å². The number of carbonyl (C=O) groups is 1. The Kier molecular flexibility index (Phi) is 3.14. The minimum absolute atomic E-state index is 0.231. The van der Waals surface area contributed by atoms with Gasteiger partial charge in [-0.25, -0.2) is 9.37 Å². The maximum absolute atomic E-state index is 13.0. The maximum Gasteiger partial charge on any atom is 0.213 e. The number of carbonyl (C=O) groups excluding carboxylic acids is 1. The average molecular weight is 231 g/mol. The summed E-state index contributed by atoms with van der Waals surface area (Å²) in [7, 11) is 1.47. The molecule has 86 valence electrons. The molecule has 1 aromatic heterocycles. The van der Waals surface area contributed by atoms with Crippen LogP contribution >= 0.6 is 0 Å². The zero-order chi connectivity index (χ0) is 12.3. The topological polar surface area (TPSA) is 39.2 Å². The monoisotopic (exact) mass is 231 g/mol. The smallest absolute Gasteiger partial charge is 0.213 e. The van der Waals surface area contributed by atoms with Gasteiger partial charge in [0.2, 0.25) is 11.7 Å². The first-order valence-corrected chi connectivity index (χ1v) is 5.02. The molecule has 0 aliphatic carbocycles. The second kappa shape index (κ2) is 4.74. The summed E-state index contributed by atoms with van der Waals surface area (Å²) in [6.45, 7) is 0. The average Bonchev–Trinajstić information content (AvgIpc) is 2.38. The molecular weight excluding hydrogens is 221 g/mol. The Morgan fingerprint density at radius 3 is 2.71 bits per heavy atom. The maximum atomic E-state index is 13.0. The van der Waals surface area contributed by atoms with Gasteiger partial charge in [-0.05, 0) is 18.2 Å². The van der Waals surface area contributed by atoms with Crippen LogP contribution in [0.15, 0.2) is 42.5 Å². The summed E-state index contributed by atoms with van der Waals surface area (Å²) in [5.74, 6) is -0.422. The number of halogens is 1. The first-order valence-electron chi connectivity index (χ1n) is 5.02. The predicted octanol–water partition coefficient (Wildman–Crippen LogP) is 2.46. The minimum Gasteiger partial charge on any atom is -0.481 e. The molecule has 0 unspecified atom stereocenters. The van der Waals surface area contributed by atoms with E-state index in [4.69, 9.17) is 4.74 Å². The molecule has 0 aliphatic rings. The normalized spacial score (nSPS) is 10.0. The molecule has 0 fully saturated rings. The van der Waals surface area contributed by atoms with E-state index in [1.54, 1.807) is 24.3 Å². The summed E-state index contributed by atoms with van der Waals surface area (Å²) in [4.78, 5) is 16.0. The lowest BCUT2D eigenvalue weighted by atomic mass is 10.1. The van der Waals surface area contributed by atoms with Crippen LogP contribution in [0.4, 0.5) is 4.39 Å². The molecule has 0 N–H and O–H groups in total. The molecule has 4 heteroatoms. The third-order valence-electron chi connectivity index (χ3n) is 2.25. The number of ether oxygens (including phenoxy) is 1. The number of benzene rings is 1. The Labute approximate surface area is 97.9 Å². The molecule has 2 aromatic rings. The Morgan fingerprint density at radius 1 is 1.24 bits per heavy atom. The lowest BCUT2D eigenvalue weighted by molar-refractivity contribution is 0.103. The van der Waals surface area contributed by atoms with Crippen molar-refractivity contribution < 1.29 is 13.9 Å². The number of ketones is 1. The highest BCUT2D eigenvalue weighted by molar-refractivity contribution is 6.07. The van der Waals surface area contributed by atoms with Gasteiger partial charge >= 0.3 is 0 Å². The van der Waals surface area contributed by atoms with Gasteiger partial charge in [-0.15, -0.1) is 0 Å². The molecule has 17 heavy (non-hydrogen) atoms. The lowest BCUT2D eigenvalue weighted by Crippen LogP contribution is -2.05. The lowest BCUT2D eigenvalue weighted by Gasteiger charge is -2.02. The highest BCUT2D eigenvalue weighted by Crippen LogP contribution is 2.12. The van der Waals surface area contributed by atoms with Crippen molar-refractivity contribution >= 4 is 5.78 Å². The van der Waals surface area contributed by atoms with Crippen LogP contribution in [0.1, 0.15) is 16.1 Å². The second-order valence-electron chi connectivity index (χ2n) is 3.40. The number of aromatic nitrogens is 1. The molecule has 0 aliphatic heterocycles. The fourth-order valence-electron chi connectivity index (χ4n) is 1.43. The molecule has 3 nitrogen and oxygen atoms in total. The van der Waals surface area contributed by atoms with Crippen LogP contribution in [0.3, 0.4) is 0 Å². The molecule has 0 saturated heterocycles. The van der Waals surface area contributed by atoms with E-state index in [0.29, 0.717) is 5.88 Å². The van der Waals surface area contributed by atoms with Gasteiger partial charge in [0.05, 0.1) is 7.11 Å². The summed E-state index contributed by atoms with van der Waals surface area (Å²) in [6, 6.07) is 10.4. The predicted molar refractivity (Wildman–Crippen MR) is 60.6 cm³/mol. The van der Waals surface area contributed by atoms with E-state index in [1.807, 2.05) is 0 Å². The van der Waals surface area contributed by atoms with Crippen molar-refractivity contribution in [2.45, 2.75) is 0 Å². The third kappa shape index (κ3) is 2.47. The van der Waals surface area contributed by atoms with Crippen molar-refractivity contribution in [2.75, 3.05) is 7.11 Å². The van der Waals surface area contributed by atoms with E-state index < -0.39 is 5.82 Å². The Hall–Kier alpha value is -2.23. The molecule has 1 heterocycles. The molecule has 0 bridgehead atoms. The zero-order valence-electron chi connectivity index (χ0n) is 9.18. The highest BCUT2D eigenvalue weighted by atomic mass is 19.1. The van der Waals surface area contributed by atoms with Crippen molar-refractivity contribution in [3.05, 3.63) is 59.5 Å². The summed E-state index contributed by atoms with van der Waals surface area (Å²) >= 11 is 0. The van der Waals surface area contributed by atoms with Crippen molar-refractivity contribution in [3.8, 4) is 5.88 Å². The molecule has 1 aromatic carbocycles. The first kappa shape index (κ1) is 11.3. The van der Waals surface area contributed by atoms with Gasteiger partial charge in [-0.3, -0.25) is 4.79 Å². The number of nitrogens with zero attached hydrogens (tertiary/aromatic N) is 1. The SMILES string of the molecule is COc1cccc(C(=O)c2cccc(F)c2)n1. The number of rotatable bonds is 3. The van der Waals surface area contributed by atoms with Crippen molar-refractivity contribution in [1.29, 1.82) is 0 Å². The zero-order valence-corrected chi connectivity index (χ0v) is 9.18. The van der Waals surface area contributed by atoms with Gasteiger partial charge in [-0.2, -0.15) is 0 Å². The van der Waals surface area contributed by atoms with Crippen LogP contribution in [-0.4, -0.2) is 17.9 Å². The quantitative estimate of drug-likeness (QED) is 0.762. The van der Waals surface area contributed by atoms with Gasteiger partial charge in [0, 0.05) is 11.6 Å². The number of pyridine rings is 1. The largest absolute Gasteiger partial charge is 0.481 e. The van der Waals surface area contributed by atoms with Gasteiger partial charge in [0.1, 0.15) is 11.5 Å². The van der Waals surface area contributed by atoms with E-state index in [2.05, 4.69) is 4.98 Å². The summed E-state index contributed by atoms with van der Waals surface area (Å²) in [5.41, 5.74) is 0.501. The van der Waals surface area contributed by atoms with Crippen LogP contribution in [0, 0.1) is 5.82 Å². The van der Waals surface area contributed by atoms with Crippen LogP contribution in [0.5, 0.6) is 5.88 Å². The Bertz CT molecular complexity index is 555. The summed E-state index contributed by atoms with van der Waals surface area (Å²) in [5, 5.41) is 0. The van der Waals surface area contributed by atoms with Gasteiger partial charge in [0.15, 0.2) is 0 Å². The van der Waals surface area contributed by atoms with E-state index in [9.17, 15) is 9.18 Å². The standard InChI is InChI=1S/C13H10FNO2/c1-17-12-7-3-6-11(15-12)13(16)9-4-2-5-10(14)8-9/h2-8H,1H3. The summed E-state index contributed by atoms with van der Waals surface area (Å²) < 4.78 is 17.9. The van der Waals surface area contributed by atoms with Crippen LogP contribution in [-0.2, 0) is 0 Å². The van der Waals surface area contributed by atoms with Gasteiger partial charge in [0.25, 0.3) is 0 Å². The van der Waals surface area contributed by atoms with E-state index >= 15 is 0 Å². The van der Waals surface area contributed by atoms with Crippen molar-refractivity contribution in [3.63, 3.8) is 0 Å². The third-order valence-corrected chi connectivity index (χ3v) is 2.25. The molecule has 0 spiro atoms. The van der Waals surface area contributed by atoms with Crippen molar-refractivity contribution in [2.24, 2.45) is 0 Å². The Balaban J connectivity index is 2.36. The molecule has 0 saturated carbocycles. The second-order valence-corrected chi connectivity index (χ2v) is 3.40. The van der Waals surface area contributed by atoms with Crippen molar-refractivity contribution in [1.82, 2.24) is 4.98 Å². The highest BCUT2D eigenvalue weighted by Gasteiger charge is 2.11. The van der Waals surface area contributed by atoms with E-state index in [1.165, 1.54) is 25.3 Å². The number of methoxy groups -OCH3 is 1. The molecule has 0 radical (unpaired) electrons. The first-order chi connectivity index (χ1) is 8.20. The molecule has 0 atom stereocenters. The summed E-state index contributed by atoms with van der Waals surface area (Å²) in [6.07, 6.45) is 0. The molecule has 2 rings (SSSR count). The minimum atomic E-state index is -0.446. The fourth-order valence-corrected chi connectivity index (χ4v) is 1.43. The van der Waals surface area contributed by atoms with E-state index in [0.717, 1.165) is 0 Å². The number of hydrogen-bond acceptors (Lipinski definition) is 3. The molecule has 0 amide bonds. The molecular formula is C13H10FNO2.